The zero-order chi connectivity index (χ0) is 17.6. The molecule has 0 bridgehead atoms. The first kappa shape index (κ1) is 20.6. The average Bonchev–Trinajstić information content (AvgIpc) is 3.25. The Morgan fingerprint density at radius 3 is 2.44 bits per heavy atom. The third kappa shape index (κ3) is 4.35. The summed E-state index contributed by atoms with van der Waals surface area (Å²) in [5, 5.41) is 0. The average molecular weight is 410 g/mol. The molecule has 1 aliphatic heterocycles. The lowest BCUT2D eigenvalue weighted by atomic mass is 9.90. The maximum atomic E-state index is 12.8. The third-order valence-electron chi connectivity index (χ3n) is 4.67. The van der Waals surface area contributed by atoms with Crippen molar-refractivity contribution in [3.05, 3.63) is 24.3 Å². The van der Waals surface area contributed by atoms with Crippen LogP contribution in [0, 0.1) is 5.41 Å². The van der Waals surface area contributed by atoms with Crippen LogP contribution in [-0.2, 0) is 20.0 Å². The van der Waals surface area contributed by atoms with Crippen LogP contribution in [0.5, 0.6) is 0 Å². The Hall–Kier alpha value is -0.710. The highest BCUT2D eigenvalue weighted by Gasteiger charge is 2.39. The van der Waals surface area contributed by atoms with Crippen LogP contribution >= 0.6 is 12.4 Å². The lowest BCUT2D eigenvalue weighted by Gasteiger charge is -2.22. The molecule has 1 unspecified atom stereocenters. The molecular formula is C15H24ClN3O4S2. The molecule has 1 saturated heterocycles. The van der Waals surface area contributed by atoms with Gasteiger partial charge in [-0.25, -0.2) is 21.6 Å². The fourth-order valence-electron chi connectivity index (χ4n) is 2.79. The molecule has 0 amide bonds. The fraction of sp³-hybridized carbons (Fsp3) is 0.600. The fourth-order valence-corrected chi connectivity index (χ4v) is 5.85. The van der Waals surface area contributed by atoms with Gasteiger partial charge in [-0.3, -0.25) is 0 Å². The Morgan fingerprint density at radius 2 is 1.88 bits per heavy atom. The van der Waals surface area contributed by atoms with Crippen molar-refractivity contribution in [3.8, 4) is 0 Å². The number of sulfonamides is 2. The van der Waals surface area contributed by atoms with E-state index in [1.165, 1.54) is 28.6 Å². The molecule has 1 aromatic carbocycles. The van der Waals surface area contributed by atoms with Crippen molar-refractivity contribution in [1.82, 2.24) is 9.03 Å². The first-order chi connectivity index (χ1) is 11.2. The second kappa shape index (κ2) is 7.13. The molecule has 1 saturated carbocycles. The number of nitrogens with two attached hydrogens (primary N) is 1. The van der Waals surface area contributed by atoms with Gasteiger partial charge < -0.3 is 5.73 Å². The van der Waals surface area contributed by atoms with Gasteiger partial charge in [-0.1, -0.05) is 13.0 Å². The summed E-state index contributed by atoms with van der Waals surface area (Å²) in [5.74, 6) is 0. The molecule has 3 N–H and O–H groups in total. The van der Waals surface area contributed by atoms with E-state index in [-0.39, 0.29) is 33.7 Å². The van der Waals surface area contributed by atoms with E-state index in [1.807, 2.05) is 6.92 Å². The number of nitrogens with zero attached hydrogens (tertiary/aromatic N) is 1. The molecule has 1 aliphatic carbocycles. The van der Waals surface area contributed by atoms with Gasteiger partial charge in [0, 0.05) is 19.1 Å². The number of halogens is 1. The molecule has 1 heterocycles. The van der Waals surface area contributed by atoms with E-state index in [2.05, 4.69) is 4.72 Å². The van der Waals surface area contributed by atoms with Crippen molar-refractivity contribution >= 4 is 32.5 Å². The van der Waals surface area contributed by atoms with Crippen molar-refractivity contribution in [1.29, 1.82) is 0 Å². The van der Waals surface area contributed by atoms with Crippen LogP contribution in [0.15, 0.2) is 34.1 Å². The van der Waals surface area contributed by atoms with E-state index in [1.54, 1.807) is 0 Å². The molecule has 0 aromatic heterocycles. The molecule has 7 nitrogen and oxygen atoms in total. The Kier molecular flexibility index (Phi) is 5.87. The van der Waals surface area contributed by atoms with Crippen LogP contribution in [-0.4, -0.2) is 46.8 Å². The summed E-state index contributed by atoms with van der Waals surface area (Å²) in [6.45, 7) is 3.12. The van der Waals surface area contributed by atoms with Crippen LogP contribution in [0.3, 0.4) is 0 Å². The Morgan fingerprint density at radius 1 is 1.24 bits per heavy atom. The molecule has 25 heavy (non-hydrogen) atoms. The van der Waals surface area contributed by atoms with E-state index in [0.29, 0.717) is 26.1 Å². The van der Waals surface area contributed by atoms with Crippen molar-refractivity contribution in [2.24, 2.45) is 11.1 Å². The smallest absolute Gasteiger partial charge is 0.243 e. The molecule has 0 spiro atoms. The van der Waals surface area contributed by atoms with Gasteiger partial charge in [0.1, 0.15) is 0 Å². The lowest BCUT2D eigenvalue weighted by molar-refractivity contribution is 0.349. The van der Waals surface area contributed by atoms with Gasteiger partial charge >= 0.3 is 0 Å². The predicted molar refractivity (Wildman–Crippen MR) is 97.6 cm³/mol. The maximum absolute atomic E-state index is 12.8. The lowest BCUT2D eigenvalue weighted by Crippen LogP contribution is -2.34. The molecular weight excluding hydrogens is 386 g/mol. The normalized spacial score (nSPS) is 24.9. The summed E-state index contributed by atoms with van der Waals surface area (Å²) in [6, 6.07) is 5.52. The summed E-state index contributed by atoms with van der Waals surface area (Å²) in [5.41, 5.74) is 5.50. The van der Waals surface area contributed by atoms with Gasteiger partial charge in [0.05, 0.1) is 9.79 Å². The van der Waals surface area contributed by atoms with Crippen molar-refractivity contribution < 1.29 is 16.8 Å². The van der Waals surface area contributed by atoms with Crippen molar-refractivity contribution in [3.63, 3.8) is 0 Å². The van der Waals surface area contributed by atoms with E-state index in [0.717, 1.165) is 12.8 Å². The maximum Gasteiger partial charge on any atom is 0.243 e. The second-order valence-corrected chi connectivity index (χ2v) is 10.6. The Bertz CT molecular complexity index is 840. The van der Waals surface area contributed by atoms with Gasteiger partial charge in [-0.05, 0) is 49.4 Å². The zero-order valence-electron chi connectivity index (χ0n) is 14.0. The number of rotatable bonds is 6. The summed E-state index contributed by atoms with van der Waals surface area (Å²) >= 11 is 0. The van der Waals surface area contributed by atoms with E-state index < -0.39 is 20.0 Å². The largest absolute Gasteiger partial charge is 0.330 e. The first-order valence-corrected chi connectivity index (χ1v) is 10.9. The minimum absolute atomic E-state index is 0. The molecule has 10 heteroatoms. The minimum Gasteiger partial charge on any atom is -0.330 e. The van der Waals surface area contributed by atoms with Gasteiger partial charge in [0.25, 0.3) is 0 Å². The van der Waals surface area contributed by atoms with Crippen LogP contribution in [0.1, 0.15) is 26.2 Å². The second-order valence-electron chi connectivity index (χ2n) is 6.97. The van der Waals surface area contributed by atoms with Crippen molar-refractivity contribution in [2.45, 2.75) is 42.0 Å². The van der Waals surface area contributed by atoms with Crippen LogP contribution in [0.4, 0.5) is 0 Å². The van der Waals surface area contributed by atoms with E-state index >= 15 is 0 Å². The Labute approximate surface area is 155 Å². The highest BCUT2D eigenvalue weighted by molar-refractivity contribution is 7.90. The summed E-state index contributed by atoms with van der Waals surface area (Å²) in [7, 11) is -7.41. The molecule has 0 radical (unpaired) electrons. The van der Waals surface area contributed by atoms with Crippen molar-refractivity contribution in [2.75, 3.05) is 19.6 Å². The van der Waals surface area contributed by atoms with Gasteiger partial charge in [-0.15, -0.1) is 12.4 Å². The highest BCUT2D eigenvalue weighted by atomic mass is 35.5. The SMILES string of the molecule is CC1(CN)CCN(S(=O)(=O)c2cccc(S(=O)(=O)NC3CC3)c2)C1.Cl. The monoisotopic (exact) mass is 409 g/mol. The topological polar surface area (TPSA) is 110 Å². The molecule has 142 valence electrons. The number of nitrogens with one attached hydrogen (secondary N) is 1. The van der Waals surface area contributed by atoms with Crippen LogP contribution in [0.2, 0.25) is 0 Å². The molecule has 1 aromatic rings. The first-order valence-electron chi connectivity index (χ1n) is 7.99. The quantitative estimate of drug-likeness (QED) is 0.725. The van der Waals surface area contributed by atoms with Gasteiger partial charge in [0.2, 0.25) is 20.0 Å². The predicted octanol–water partition coefficient (Wildman–Crippen LogP) is 0.909. The summed E-state index contributed by atoms with van der Waals surface area (Å²) in [4.78, 5) is -0.0151. The molecule has 1 atom stereocenters. The summed E-state index contributed by atoms with van der Waals surface area (Å²) in [6.07, 6.45) is 2.34. The molecule has 2 fully saturated rings. The number of benzene rings is 1. The number of hydrogen-bond donors (Lipinski definition) is 2. The third-order valence-corrected chi connectivity index (χ3v) is 8.03. The molecule has 2 aliphatic rings. The highest BCUT2D eigenvalue weighted by Crippen LogP contribution is 2.33. The van der Waals surface area contributed by atoms with E-state index in [4.69, 9.17) is 5.73 Å². The zero-order valence-corrected chi connectivity index (χ0v) is 16.5. The van der Waals surface area contributed by atoms with Crippen LogP contribution < -0.4 is 10.5 Å². The summed E-state index contributed by atoms with van der Waals surface area (Å²) < 4.78 is 54.2. The standard InChI is InChI=1S/C15H23N3O4S2.ClH/c1-15(10-16)7-8-18(11-15)24(21,22)14-4-2-3-13(9-14)23(19,20)17-12-5-6-12;/h2-4,9,12,17H,5-8,10-11,16H2,1H3;1H. The van der Waals surface area contributed by atoms with Gasteiger partial charge in [-0.2, -0.15) is 4.31 Å². The molecule has 3 rings (SSSR count). The van der Waals surface area contributed by atoms with Crippen LogP contribution in [0.25, 0.3) is 0 Å². The van der Waals surface area contributed by atoms with E-state index in [9.17, 15) is 16.8 Å². The number of hydrogen-bond acceptors (Lipinski definition) is 5. The minimum atomic E-state index is -3.73. The van der Waals surface area contributed by atoms with Gasteiger partial charge in [0.15, 0.2) is 0 Å². The Balaban J connectivity index is 0.00000225.